The molecule has 0 spiro atoms. The van der Waals surface area contributed by atoms with Crippen molar-refractivity contribution in [2.24, 2.45) is 0 Å². The van der Waals surface area contributed by atoms with Crippen LogP contribution in [-0.4, -0.2) is 16.9 Å². The van der Waals surface area contributed by atoms with Gasteiger partial charge in [0, 0.05) is 11.4 Å². The number of hydrogen-bond acceptors (Lipinski definition) is 4. The van der Waals surface area contributed by atoms with Gasteiger partial charge in [-0.2, -0.15) is 0 Å². The van der Waals surface area contributed by atoms with E-state index in [-0.39, 0.29) is 16.9 Å². The molecule has 3 rings (SSSR count). The summed E-state index contributed by atoms with van der Waals surface area (Å²) < 4.78 is 0. The van der Waals surface area contributed by atoms with Crippen LogP contribution in [0.15, 0.2) is 72.1 Å². The molecule has 27 heavy (non-hydrogen) atoms. The maximum absolute atomic E-state index is 12.2. The van der Waals surface area contributed by atoms with Gasteiger partial charge in [-0.1, -0.05) is 42.5 Å². The van der Waals surface area contributed by atoms with Gasteiger partial charge in [-0.25, -0.2) is 0 Å². The van der Waals surface area contributed by atoms with Crippen molar-refractivity contribution in [3.05, 3.63) is 82.6 Å². The SMILES string of the molecule is O=C(Cc1ccccc1)Nc1cccc(NC(=S)NC(=O)c2cccs2)c1. The second-order valence-corrected chi connectivity index (χ2v) is 7.03. The van der Waals surface area contributed by atoms with Crippen molar-refractivity contribution >= 4 is 51.9 Å². The molecule has 1 aromatic heterocycles. The molecule has 7 heteroatoms. The lowest BCUT2D eigenvalue weighted by Gasteiger charge is -2.11. The molecule has 0 saturated carbocycles. The molecule has 5 nitrogen and oxygen atoms in total. The summed E-state index contributed by atoms with van der Waals surface area (Å²) in [5.41, 5.74) is 2.26. The number of benzene rings is 2. The quantitative estimate of drug-likeness (QED) is 0.570. The first-order chi connectivity index (χ1) is 13.1. The molecule has 0 saturated heterocycles. The molecule has 3 N–H and O–H groups in total. The summed E-state index contributed by atoms with van der Waals surface area (Å²) in [5, 5.41) is 10.5. The van der Waals surface area contributed by atoms with E-state index in [1.54, 1.807) is 36.4 Å². The Labute approximate surface area is 166 Å². The van der Waals surface area contributed by atoms with E-state index in [0.717, 1.165) is 5.56 Å². The van der Waals surface area contributed by atoms with Gasteiger partial charge in [-0.15, -0.1) is 11.3 Å². The molecule has 0 fully saturated rings. The van der Waals surface area contributed by atoms with Gasteiger partial charge in [0.2, 0.25) is 5.91 Å². The maximum Gasteiger partial charge on any atom is 0.267 e. The summed E-state index contributed by atoms with van der Waals surface area (Å²) >= 11 is 6.52. The highest BCUT2D eigenvalue weighted by Crippen LogP contribution is 2.16. The Morgan fingerprint density at radius 2 is 1.63 bits per heavy atom. The third-order valence-corrected chi connectivity index (χ3v) is 4.66. The average Bonchev–Trinajstić information content (AvgIpc) is 3.17. The number of hydrogen-bond donors (Lipinski definition) is 3. The molecule has 0 unspecified atom stereocenters. The second-order valence-electron chi connectivity index (χ2n) is 5.68. The number of anilines is 2. The number of carbonyl (C=O) groups excluding carboxylic acids is 2. The molecule has 0 bridgehead atoms. The largest absolute Gasteiger partial charge is 0.332 e. The van der Waals surface area contributed by atoms with Crippen molar-refractivity contribution in [3.8, 4) is 0 Å². The van der Waals surface area contributed by atoms with E-state index < -0.39 is 0 Å². The van der Waals surface area contributed by atoms with E-state index >= 15 is 0 Å². The van der Waals surface area contributed by atoms with E-state index in [9.17, 15) is 9.59 Å². The Morgan fingerprint density at radius 3 is 2.33 bits per heavy atom. The van der Waals surface area contributed by atoms with Crippen LogP contribution >= 0.6 is 23.6 Å². The zero-order valence-electron chi connectivity index (χ0n) is 14.3. The molecule has 0 aliphatic heterocycles. The average molecular weight is 396 g/mol. The van der Waals surface area contributed by atoms with E-state index in [4.69, 9.17) is 12.2 Å². The third-order valence-electron chi connectivity index (χ3n) is 3.58. The van der Waals surface area contributed by atoms with Gasteiger partial charge in [0.15, 0.2) is 5.11 Å². The van der Waals surface area contributed by atoms with Crippen LogP contribution in [-0.2, 0) is 11.2 Å². The van der Waals surface area contributed by atoms with Crippen LogP contribution in [0.25, 0.3) is 0 Å². The van der Waals surface area contributed by atoms with Gasteiger partial charge < -0.3 is 10.6 Å². The fourth-order valence-corrected chi connectivity index (χ4v) is 3.23. The van der Waals surface area contributed by atoms with Crippen LogP contribution < -0.4 is 16.0 Å². The number of thiophene rings is 1. The fourth-order valence-electron chi connectivity index (χ4n) is 2.40. The van der Waals surface area contributed by atoms with Gasteiger partial charge in [-0.05, 0) is 47.4 Å². The predicted octanol–water partition coefficient (Wildman–Crippen LogP) is 4.06. The van der Waals surface area contributed by atoms with Crippen molar-refractivity contribution in [1.82, 2.24) is 5.32 Å². The molecule has 3 aromatic rings. The van der Waals surface area contributed by atoms with Gasteiger partial charge >= 0.3 is 0 Å². The fraction of sp³-hybridized carbons (Fsp3) is 0.0500. The molecule has 0 aliphatic rings. The zero-order chi connectivity index (χ0) is 19.1. The van der Waals surface area contributed by atoms with E-state index in [0.29, 0.717) is 22.7 Å². The van der Waals surface area contributed by atoms with Crippen LogP contribution in [0.4, 0.5) is 11.4 Å². The lowest BCUT2D eigenvalue weighted by molar-refractivity contribution is -0.115. The molecule has 1 heterocycles. The topological polar surface area (TPSA) is 70.2 Å². The van der Waals surface area contributed by atoms with Gasteiger partial charge in [-0.3, -0.25) is 14.9 Å². The Hall–Kier alpha value is -3.03. The number of thiocarbonyl (C=S) groups is 1. The Balaban J connectivity index is 1.56. The Morgan fingerprint density at radius 1 is 0.889 bits per heavy atom. The van der Waals surface area contributed by atoms with Crippen LogP contribution in [0.5, 0.6) is 0 Å². The highest BCUT2D eigenvalue weighted by atomic mass is 32.1. The standard InChI is InChI=1S/C20H17N3O2S2/c24-18(12-14-6-2-1-3-7-14)21-15-8-4-9-16(13-15)22-20(26)23-19(25)17-10-5-11-27-17/h1-11,13H,12H2,(H,21,24)(H2,22,23,25,26). The molecule has 2 amide bonds. The third kappa shape index (κ3) is 5.73. The molecule has 2 aromatic carbocycles. The van der Waals surface area contributed by atoms with Crippen LogP contribution in [0.3, 0.4) is 0 Å². The van der Waals surface area contributed by atoms with E-state index in [2.05, 4.69) is 16.0 Å². The van der Waals surface area contributed by atoms with Gasteiger partial charge in [0.25, 0.3) is 5.91 Å². The van der Waals surface area contributed by atoms with E-state index in [1.165, 1.54) is 11.3 Å². The molecule has 0 radical (unpaired) electrons. The number of rotatable bonds is 5. The Bertz CT molecular complexity index is 941. The smallest absolute Gasteiger partial charge is 0.267 e. The summed E-state index contributed by atoms with van der Waals surface area (Å²) in [6, 6.07) is 20.2. The first-order valence-corrected chi connectivity index (χ1v) is 9.48. The lowest BCUT2D eigenvalue weighted by Crippen LogP contribution is -2.33. The molecule has 0 aliphatic carbocycles. The lowest BCUT2D eigenvalue weighted by atomic mass is 10.1. The van der Waals surface area contributed by atoms with Crippen molar-refractivity contribution in [3.63, 3.8) is 0 Å². The van der Waals surface area contributed by atoms with Crippen molar-refractivity contribution in [2.75, 3.05) is 10.6 Å². The summed E-state index contributed by atoms with van der Waals surface area (Å²) in [5.74, 6) is -0.359. The number of carbonyl (C=O) groups is 2. The molecule has 0 atom stereocenters. The summed E-state index contributed by atoms with van der Waals surface area (Å²) in [7, 11) is 0. The summed E-state index contributed by atoms with van der Waals surface area (Å²) in [6.45, 7) is 0. The first-order valence-electron chi connectivity index (χ1n) is 8.20. The highest BCUT2D eigenvalue weighted by Gasteiger charge is 2.09. The van der Waals surface area contributed by atoms with Gasteiger partial charge in [0.05, 0.1) is 11.3 Å². The van der Waals surface area contributed by atoms with Crippen molar-refractivity contribution < 1.29 is 9.59 Å². The van der Waals surface area contributed by atoms with E-state index in [1.807, 2.05) is 35.7 Å². The monoisotopic (exact) mass is 395 g/mol. The number of amides is 2. The first kappa shape index (κ1) is 18.8. The van der Waals surface area contributed by atoms with Crippen LogP contribution in [0.2, 0.25) is 0 Å². The highest BCUT2D eigenvalue weighted by molar-refractivity contribution is 7.80. The Kier molecular flexibility index (Phi) is 6.30. The van der Waals surface area contributed by atoms with Crippen molar-refractivity contribution in [2.45, 2.75) is 6.42 Å². The molecular weight excluding hydrogens is 378 g/mol. The van der Waals surface area contributed by atoms with Crippen molar-refractivity contribution in [1.29, 1.82) is 0 Å². The zero-order valence-corrected chi connectivity index (χ0v) is 15.9. The summed E-state index contributed by atoms with van der Waals surface area (Å²) in [4.78, 5) is 24.8. The van der Waals surface area contributed by atoms with Crippen LogP contribution in [0.1, 0.15) is 15.2 Å². The second kappa shape index (κ2) is 9.07. The number of nitrogens with one attached hydrogen (secondary N) is 3. The normalized spacial score (nSPS) is 10.1. The minimum Gasteiger partial charge on any atom is -0.332 e. The maximum atomic E-state index is 12.2. The van der Waals surface area contributed by atoms with Gasteiger partial charge in [0.1, 0.15) is 0 Å². The molecular formula is C20H17N3O2S2. The predicted molar refractivity (Wildman–Crippen MR) is 113 cm³/mol. The minimum atomic E-state index is -0.255. The minimum absolute atomic E-state index is 0.105. The van der Waals surface area contributed by atoms with Crippen LogP contribution in [0, 0.1) is 0 Å². The summed E-state index contributed by atoms with van der Waals surface area (Å²) in [6.07, 6.45) is 0.299. The molecule has 136 valence electrons.